The topological polar surface area (TPSA) is 49.9 Å². The van der Waals surface area contributed by atoms with Gasteiger partial charge in [0.15, 0.2) is 6.61 Å². The van der Waals surface area contributed by atoms with Crippen LogP contribution in [0.2, 0.25) is 0 Å². The van der Waals surface area contributed by atoms with Crippen LogP contribution in [0.5, 0.6) is 5.75 Å². The summed E-state index contributed by atoms with van der Waals surface area (Å²) in [7, 11) is 0. The number of halogens is 1. The van der Waals surface area contributed by atoms with Crippen LogP contribution in [0.3, 0.4) is 0 Å². The minimum Gasteiger partial charge on any atom is -0.484 e. The fourth-order valence-electron chi connectivity index (χ4n) is 2.41. The summed E-state index contributed by atoms with van der Waals surface area (Å²) in [5.74, 6) is 0.131. The highest BCUT2D eigenvalue weighted by molar-refractivity contribution is 5.78. The molecule has 0 aliphatic carbocycles. The molecule has 0 saturated carbocycles. The average molecular weight is 308 g/mol. The van der Waals surface area contributed by atoms with E-state index in [1.54, 1.807) is 9.80 Å². The van der Waals surface area contributed by atoms with Crippen molar-refractivity contribution in [1.82, 2.24) is 9.80 Å². The number of carbonyl (C=O) groups is 2. The first-order valence-electron chi connectivity index (χ1n) is 7.54. The van der Waals surface area contributed by atoms with Crippen LogP contribution >= 0.6 is 0 Å². The summed E-state index contributed by atoms with van der Waals surface area (Å²) < 4.78 is 18.2. The minimum atomic E-state index is -0.341. The number of nitrogens with zero attached hydrogens (tertiary/aromatic N) is 2. The van der Waals surface area contributed by atoms with Crippen molar-refractivity contribution in [2.75, 3.05) is 32.8 Å². The van der Waals surface area contributed by atoms with Gasteiger partial charge in [-0.1, -0.05) is 6.92 Å². The lowest BCUT2D eigenvalue weighted by atomic mass is 10.3. The van der Waals surface area contributed by atoms with Crippen LogP contribution in [0.4, 0.5) is 4.39 Å². The fraction of sp³-hybridized carbons (Fsp3) is 0.500. The molecule has 2 rings (SSSR count). The third-order valence-corrected chi connectivity index (χ3v) is 3.68. The van der Waals surface area contributed by atoms with Crippen molar-refractivity contribution in [2.45, 2.75) is 19.8 Å². The molecule has 0 aromatic heterocycles. The van der Waals surface area contributed by atoms with Gasteiger partial charge >= 0.3 is 0 Å². The fourth-order valence-corrected chi connectivity index (χ4v) is 2.41. The Balaban J connectivity index is 1.82. The summed E-state index contributed by atoms with van der Waals surface area (Å²) >= 11 is 0. The SMILES string of the molecule is CCC(=O)N1CCCN(C(=O)COc2ccc(F)cc2)CC1. The van der Waals surface area contributed by atoms with E-state index in [4.69, 9.17) is 4.74 Å². The van der Waals surface area contributed by atoms with E-state index >= 15 is 0 Å². The van der Waals surface area contributed by atoms with Crippen LogP contribution in [0.25, 0.3) is 0 Å². The lowest BCUT2D eigenvalue weighted by molar-refractivity contribution is -0.134. The highest BCUT2D eigenvalue weighted by Gasteiger charge is 2.21. The molecule has 1 aromatic rings. The van der Waals surface area contributed by atoms with Gasteiger partial charge in [-0.2, -0.15) is 0 Å². The van der Waals surface area contributed by atoms with Crippen LogP contribution in [0.1, 0.15) is 19.8 Å². The Labute approximate surface area is 129 Å². The first-order valence-corrected chi connectivity index (χ1v) is 7.54. The summed E-state index contributed by atoms with van der Waals surface area (Å²) in [5, 5.41) is 0. The second-order valence-corrected chi connectivity index (χ2v) is 5.21. The summed E-state index contributed by atoms with van der Waals surface area (Å²) in [4.78, 5) is 27.4. The summed E-state index contributed by atoms with van der Waals surface area (Å²) in [6, 6.07) is 5.57. The Bertz CT molecular complexity index is 519. The van der Waals surface area contributed by atoms with Crippen molar-refractivity contribution in [3.8, 4) is 5.75 Å². The number of carbonyl (C=O) groups excluding carboxylic acids is 2. The van der Waals surface area contributed by atoms with Crippen LogP contribution in [0, 0.1) is 5.82 Å². The van der Waals surface area contributed by atoms with E-state index in [9.17, 15) is 14.0 Å². The van der Waals surface area contributed by atoms with Crippen LogP contribution in [-0.4, -0.2) is 54.4 Å². The van der Waals surface area contributed by atoms with Crippen LogP contribution in [0.15, 0.2) is 24.3 Å². The third-order valence-electron chi connectivity index (χ3n) is 3.68. The van der Waals surface area contributed by atoms with Gasteiger partial charge in [-0.25, -0.2) is 4.39 Å². The molecule has 2 amide bonds. The molecule has 1 aromatic carbocycles. The molecule has 1 fully saturated rings. The number of hydrogen-bond acceptors (Lipinski definition) is 3. The van der Waals surface area contributed by atoms with Gasteiger partial charge in [-0.05, 0) is 30.7 Å². The van der Waals surface area contributed by atoms with Gasteiger partial charge in [-0.3, -0.25) is 9.59 Å². The van der Waals surface area contributed by atoms with Crippen molar-refractivity contribution in [3.63, 3.8) is 0 Å². The second kappa shape index (κ2) is 7.77. The Hall–Kier alpha value is -2.11. The average Bonchev–Trinajstić information content (AvgIpc) is 2.79. The molecule has 0 atom stereocenters. The lowest BCUT2D eigenvalue weighted by Gasteiger charge is -2.22. The van der Waals surface area contributed by atoms with E-state index in [2.05, 4.69) is 0 Å². The van der Waals surface area contributed by atoms with E-state index in [0.29, 0.717) is 38.3 Å². The predicted molar refractivity (Wildman–Crippen MR) is 80.0 cm³/mol. The number of hydrogen-bond donors (Lipinski definition) is 0. The van der Waals surface area contributed by atoms with Crippen molar-refractivity contribution >= 4 is 11.8 Å². The van der Waals surface area contributed by atoms with Crippen LogP contribution in [-0.2, 0) is 9.59 Å². The number of rotatable bonds is 4. The third kappa shape index (κ3) is 4.44. The van der Waals surface area contributed by atoms with Gasteiger partial charge < -0.3 is 14.5 Å². The molecule has 0 spiro atoms. The van der Waals surface area contributed by atoms with Gasteiger partial charge in [0.05, 0.1) is 0 Å². The minimum absolute atomic E-state index is 0.0760. The molecular formula is C16H21FN2O3. The van der Waals surface area contributed by atoms with E-state index in [1.807, 2.05) is 6.92 Å². The molecule has 1 saturated heterocycles. The highest BCUT2D eigenvalue weighted by Crippen LogP contribution is 2.12. The molecule has 22 heavy (non-hydrogen) atoms. The molecule has 1 aliphatic rings. The van der Waals surface area contributed by atoms with E-state index in [1.165, 1.54) is 24.3 Å². The second-order valence-electron chi connectivity index (χ2n) is 5.21. The molecule has 120 valence electrons. The zero-order chi connectivity index (χ0) is 15.9. The first-order chi connectivity index (χ1) is 10.6. The van der Waals surface area contributed by atoms with Crippen molar-refractivity contribution < 1.29 is 18.7 Å². The maximum absolute atomic E-state index is 12.8. The molecule has 5 nitrogen and oxygen atoms in total. The monoisotopic (exact) mass is 308 g/mol. The van der Waals surface area contributed by atoms with E-state index < -0.39 is 0 Å². The molecule has 0 unspecified atom stereocenters. The number of benzene rings is 1. The van der Waals surface area contributed by atoms with Crippen molar-refractivity contribution in [3.05, 3.63) is 30.1 Å². The Morgan fingerprint density at radius 3 is 2.23 bits per heavy atom. The Morgan fingerprint density at radius 2 is 1.64 bits per heavy atom. The molecular weight excluding hydrogens is 287 g/mol. The molecule has 6 heteroatoms. The molecule has 1 aliphatic heterocycles. The number of amides is 2. The highest BCUT2D eigenvalue weighted by atomic mass is 19.1. The maximum atomic E-state index is 12.8. The smallest absolute Gasteiger partial charge is 0.260 e. The Kier molecular flexibility index (Phi) is 5.75. The van der Waals surface area contributed by atoms with E-state index in [0.717, 1.165) is 6.42 Å². The van der Waals surface area contributed by atoms with Gasteiger partial charge in [0.25, 0.3) is 5.91 Å². The predicted octanol–water partition coefficient (Wildman–Crippen LogP) is 1.68. The molecule has 1 heterocycles. The Morgan fingerprint density at radius 1 is 1.05 bits per heavy atom. The normalized spacial score (nSPS) is 15.4. The largest absolute Gasteiger partial charge is 0.484 e. The van der Waals surface area contributed by atoms with Crippen molar-refractivity contribution in [1.29, 1.82) is 0 Å². The molecule has 0 radical (unpaired) electrons. The van der Waals surface area contributed by atoms with Gasteiger partial charge in [0.2, 0.25) is 5.91 Å². The summed E-state index contributed by atoms with van der Waals surface area (Å²) in [5.41, 5.74) is 0. The summed E-state index contributed by atoms with van der Waals surface area (Å²) in [6.07, 6.45) is 1.26. The first kappa shape index (κ1) is 16.3. The lowest BCUT2D eigenvalue weighted by Crippen LogP contribution is -2.39. The van der Waals surface area contributed by atoms with Gasteiger partial charge in [0.1, 0.15) is 11.6 Å². The van der Waals surface area contributed by atoms with E-state index in [-0.39, 0.29) is 24.2 Å². The zero-order valence-corrected chi connectivity index (χ0v) is 12.8. The molecule has 0 bridgehead atoms. The number of ether oxygens (including phenoxy) is 1. The quantitative estimate of drug-likeness (QED) is 0.850. The van der Waals surface area contributed by atoms with Gasteiger partial charge in [0, 0.05) is 32.6 Å². The molecule has 0 N–H and O–H groups in total. The van der Waals surface area contributed by atoms with Crippen LogP contribution < -0.4 is 4.74 Å². The summed E-state index contributed by atoms with van der Waals surface area (Å²) in [6.45, 7) is 4.17. The van der Waals surface area contributed by atoms with Gasteiger partial charge in [-0.15, -0.1) is 0 Å². The van der Waals surface area contributed by atoms with Crippen molar-refractivity contribution in [2.24, 2.45) is 0 Å². The standard InChI is InChI=1S/C16H21FN2O3/c1-2-15(20)18-8-3-9-19(11-10-18)16(21)12-22-14-6-4-13(17)5-7-14/h4-7H,2-3,8-12H2,1H3. The maximum Gasteiger partial charge on any atom is 0.260 e. The zero-order valence-electron chi connectivity index (χ0n) is 12.8.